The van der Waals surface area contributed by atoms with Gasteiger partial charge in [0.25, 0.3) is 10.0 Å². The molecule has 3 nitrogen and oxygen atoms in total. The number of hydrogen-bond donors (Lipinski definition) is 2. The summed E-state index contributed by atoms with van der Waals surface area (Å²) in [6.45, 7) is 0. The molecule has 15 heavy (non-hydrogen) atoms. The molecule has 1 aromatic carbocycles. The number of thiol groups is 1. The minimum absolute atomic E-state index is 0. The molecule has 0 heterocycles. The Kier molecular flexibility index (Phi) is 12.8. The van der Waals surface area contributed by atoms with Crippen LogP contribution in [-0.2, 0) is 10.0 Å². The van der Waals surface area contributed by atoms with Gasteiger partial charge in [0.05, 0.1) is 4.90 Å². The third-order valence-electron chi connectivity index (χ3n) is 1.28. The van der Waals surface area contributed by atoms with Crippen molar-refractivity contribution in [3.63, 3.8) is 0 Å². The van der Waals surface area contributed by atoms with Crippen LogP contribution in [0.25, 0.3) is 0 Å². The molecule has 1 aromatic rings. The number of hydrogen-bond acceptors (Lipinski definition) is 3. The normalized spacial score (nSPS) is 9.40. The molecule has 0 saturated heterocycles. The summed E-state index contributed by atoms with van der Waals surface area (Å²) in [5.41, 5.74) is 0. The molecule has 0 unspecified atom stereocenters. The van der Waals surface area contributed by atoms with E-state index in [0.717, 1.165) is 0 Å². The van der Waals surface area contributed by atoms with Crippen LogP contribution in [0.5, 0.6) is 0 Å². The number of thiocarbonyl (C=S) groups is 1. The van der Waals surface area contributed by atoms with E-state index in [4.69, 9.17) is 0 Å². The molecule has 8 heteroatoms. The van der Waals surface area contributed by atoms with Crippen molar-refractivity contribution >= 4 is 142 Å². The van der Waals surface area contributed by atoms with Crippen LogP contribution >= 0.6 is 24.8 Å². The summed E-state index contributed by atoms with van der Waals surface area (Å²) in [6, 6.07) is 7.97. The Labute approximate surface area is 185 Å². The van der Waals surface area contributed by atoms with E-state index in [1.54, 1.807) is 18.2 Å². The summed E-state index contributed by atoms with van der Waals surface area (Å²) in [5, 5.41) is 0. The molecule has 0 aromatic heterocycles. The van der Waals surface area contributed by atoms with Crippen molar-refractivity contribution in [2.24, 2.45) is 0 Å². The van der Waals surface area contributed by atoms with Gasteiger partial charge in [-0.05, 0) is 12.1 Å². The molecule has 72 valence electrons. The van der Waals surface area contributed by atoms with Gasteiger partial charge in [0.2, 0.25) is 0 Å². The van der Waals surface area contributed by atoms with Gasteiger partial charge in [-0.25, -0.2) is 8.42 Å². The zero-order chi connectivity index (χ0) is 9.90. The standard InChI is InChI=1S/C7H7NO2S3.2K/c9-13(10,8-7(11)12)6-4-2-1-3-5-6;;/h1-5H,(H2,8,11,12);;. The molecule has 0 atom stereocenters. The summed E-state index contributed by atoms with van der Waals surface area (Å²) in [5.74, 6) is 0. The van der Waals surface area contributed by atoms with Gasteiger partial charge < -0.3 is 0 Å². The molecule has 2 radical (unpaired) electrons. The van der Waals surface area contributed by atoms with Crippen LogP contribution in [0.1, 0.15) is 0 Å². The van der Waals surface area contributed by atoms with Gasteiger partial charge in [-0.2, -0.15) is 0 Å². The first-order chi connectivity index (χ1) is 6.02. The first-order valence-corrected chi connectivity index (χ1v) is 5.67. The molecule has 1 rings (SSSR count). The van der Waals surface area contributed by atoms with E-state index in [1.165, 1.54) is 12.1 Å². The minimum atomic E-state index is -3.53. The van der Waals surface area contributed by atoms with E-state index in [9.17, 15) is 8.42 Å². The summed E-state index contributed by atoms with van der Waals surface area (Å²) in [7, 11) is -3.53. The van der Waals surface area contributed by atoms with Gasteiger partial charge in [0, 0.05) is 103 Å². The van der Waals surface area contributed by atoms with Crippen LogP contribution in [-0.4, -0.2) is 116 Å². The van der Waals surface area contributed by atoms with Crippen LogP contribution in [0.3, 0.4) is 0 Å². The van der Waals surface area contributed by atoms with E-state index in [2.05, 4.69) is 29.6 Å². The Hall–Kier alpha value is 2.68. The predicted molar refractivity (Wildman–Crippen MR) is 69.9 cm³/mol. The Morgan fingerprint density at radius 1 is 1.20 bits per heavy atom. The third-order valence-corrected chi connectivity index (χ3v) is 3.14. The van der Waals surface area contributed by atoms with Crippen LogP contribution in [0.15, 0.2) is 35.2 Å². The first-order valence-electron chi connectivity index (χ1n) is 3.33. The number of nitrogens with one attached hydrogen (secondary N) is 1. The minimum Gasteiger partial charge on any atom is -0.265 e. The van der Waals surface area contributed by atoms with Crippen LogP contribution in [0.2, 0.25) is 0 Å². The molecule has 0 aliphatic rings. The van der Waals surface area contributed by atoms with Crippen molar-refractivity contribution in [2.45, 2.75) is 4.90 Å². The van der Waals surface area contributed by atoms with E-state index in [0.29, 0.717) is 0 Å². The average molecular weight is 312 g/mol. The molecular formula is C7H7K2NO2S3. The van der Waals surface area contributed by atoms with Crippen molar-refractivity contribution in [1.82, 2.24) is 4.72 Å². The number of benzene rings is 1. The smallest absolute Gasteiger partial charge is 0.262 e. The number of rotatable bonds is 2. The second kappa shape index (κ2) is 9.59. The maximum atomic E-state index is 11.4. The molecule has 0 aliphatic carbocycles. The SMILES string of the molecule is O=S(=O)(NC(=S)S)c1ccccc1.[K].[K]. The van der Waals surface area contributed by atoms with Crippen molar-refractivity contribution in [1.29, 1.82) is 0 Å². The zero-order valence-corrected chi connectivity index (χ0v) is 17.2. The van der Waals surface area contributed by atoms with Crippen molar-refractivity contribution < 1.29 is 8.42 Å². The monoisotopic (exact) mass is 311 g/mol. The van der Waals surface area contributed by atoms with E-state index >= 15 is 0 Å². The maximum absolute atomic E-state index is 11.4. The Balaban J connectivity index is 0. The molecular weight excluding hydrogens is 304 g/mol. The number of sulfonamides is 1. The Morgan fingerprint density at radius 2 is 1.67 bits per heavy atom. The molecule has 0 amide bonds. The van der Waals surface area contributed by atoms with Gasteiger partial charge in [-0.15, -0.1) is 12.6 Å². The summed E-state index contributed by atoms with van der Waals surface area (Å²) in [4.78, 5) is 0.173. The van der Waals surface area contributed by atoms with Gasteiger partial charge in [0.1, 0.15) is 4.32 Å². The van der Waals surface area contributed by atoms with Gasteiger partial charge in [-0.1, -0.05) is 30.4 Å². The molecule has 0 spiro atoms. The van der Waals surface area contributed by atoms with Crippen LogP contribution in [0, 0.1) is 0 Å². The predicted octanol–water partition coefficient (Wildman–Crippen LogP) is 0.418. The molecule has 0 bridgehead atoms. The fourth-order valence-corrected chi connectivity index (χ4v) is 2.33. The van der Waals surface area contributed by atoms with Crippen molar-refractivity contribution in [3.05, 3.63) is 30.3 Å². The van der Waals surface area contributed by atoms with Crippen LogP contribution in [0.4, 0.5) is 0 Å². The summed E-state index contributed by atoms with van der Waals surface area (Å²) < 4.78 is 24.8. The van der Waals surface area contributed by atoms with E-state index in [1.807, 2.05) is 0 Å². The Morgan fingerprint density at radius 3 is 2.07 bits per heavy atom. The van der Waals surface area contributed by atoms with E-state index in [-0.39, 0.29) is 112 Å². The maximum Gasteiger partial charge on any atom is 0.262 e. The molecule has 0 saturated carbocycles. The first kappa shape index (κ1) is 20.0. The average Bonchev–Trinajstić information content (AvgIpc) is 2.04. The van der Waals surface area contributed by atoms with Crippen LogP contribution < -0.4 is 4.72 Å². The summed E-state index contributed by atoms with van der Waals surface area (Å²) >= 11 is 8.20. The quantitative estimate of drug-likeness (QED) is 0.473. The Bertz CT molecular complexity index is 408. The third kappa shape index (κ3) is 7.65. The fraction of sp³-hybridized carbons (Fsp3) is 0. The second-order valence-electron chi connectivity index (χ2n) is 2.22. The van der Waals surface area contributed by atoms with Gasteiger partial charge in [0.15, 0.2) is 0 Å². The van der Waals surface area contributed by atoms with Gasteiger partial charge >= 0.3 is 0 Å². The molecule has 0 fully saturated rings. The summed E-state index contributed by atoms with van der Waals surface area (Å²) in [6.07, 6.45) is 0. The van der Waals surface area contributed by atoms with Gasteiger partial charge in [-0.3, -0.25) is 4.72 Å². The second-order valence-corrected chi connectivity index (χ2v) is 5.06. The zero-order valence-electron chi connectivity index (χ0n) is 8.47. The van der Waals surface area contributed by atoms with Crippen molar-refractivity contribution in [3.8, 4) is 0 Å². The fourth-order valence-electron chi connectivity index (χ4n) is 0.774. The molecule has 0 aliphatic heterocycles. The largest absolute Gasteiger partial charge is 0.265 e. The topological polar surface area (TPSA) is 46.2 Å². The van der Waals surface area contributed by atoms with Crippen molar-refractivity contribution in [2.75, 3.05) is 0 Å². The van der Waals surface area contributed by atoms with E-state index < -0.39 is 10.0 Å². The molecule has 1 N–H and O–H groups in total.